The quantitative estimate of drug-likeness (QED) is 0.851. The number of fused-ring (bicyclic) bond motifs is 1. The summed E-state index contributed by atoms with van der Waals surface area (Å²) in [4.78, 5) is 4.40. The Hall–Kier alpha value is -1.56. The van der Waals surface area contributed by atoms with Gasteiger partial charge in [0, 0.05) is 23.2 Å². The molecule has 1 aromatic heterocycles. The molecule has 1 atom stereocenters. The molecule has 0 aliphatic carbocycles. The molecule has 2 rings (SSSR count). The van der Waals surface area contributed by atoms with E-state index in [9.17, 15) is 0 Å². The summed E-state index contributed by atoms with van der Waals surface area (Å²) in [6.07, 6.45) is 8.13. The largest absolute Gasteiger partial charge is 0.300 e. The zero-order valence-electron chi connectivity index (χ0n) is 10.3. The minimum atomic E-state index is 0.0967. The van der Waals surface area contributed by atoms with Crippen LogP contribution in [0.15, 0.2) is 30.5 Å². The van der Waals surface area contributed by atoms with Crippen LogP contribution in [0.3, 0.4) is 0 Å². The van der Waals surface area contributed by atoms with E-state index in [1.54, 1.807) is 6.20 Å². The van der Waals surface area contributed by atoms with Crippen molar-refractivity contribution < 1.29 is 0 Å². The van der Waals surface area contributed by atoms with E-state index in [2.05, 4.69) is 23.1 Å². The van der Waals surface area contributed by atoms with Crippen molar-refractivity contribution in [1.29, 1.82) is 0 Å². The Balaban J connectivity index is 2.29. The highest BCUT2D eigenvalue weighted by Gasteiger charge is 2.07. The molecule has 1 aromatic carbocycles. The second kappa shape index (κ2) is 5.86. The smallest absolute Gasteiger partial charge is 0.0761 e. The van der Waals surface area contributed by atoms with Gasteiger partial charge in [-0.05, 0) is 30.2 Å². The fraction of sp³-hybridized carbons (Fsp3) is 0.267. The van der Waals surface area contributed by atoms with Gasteiger partial charge in [0.25, 0.3) is 0 Å². The molecule has 0 radical (unpaired) electrons. The minimum absolute atomic E-state index is 0.0967. The maximum atomic E-state index is 6.15. The number of hydrogen-bond donors (Lipinski definition) is 1. The topological polar surface area (TPSA) is 24.9 Å². The van der Waals surface area contributed by atoms with E-state index < -0.39 is 0 Å². The summed E-state index contributed by atoms with van der Waals surface area (Å²) in [6.45, 7) is 2.77. The van der Waals surface area contributed by atoms with Crippen LogP contribution in [-0.2, 0) is 6.54 Å². The molecule has 0 saturated heterocycles. The first-order valence-corrected chi connectivity index (χ1v) is 6.35. The highest BCUT2D eigenvalue weighted by Crippen LogP contribution is 2.24. The predicted molar refractivity (Wildman–Crippen MR) is 76.5 cm³/mol. The Morgan fingerprint density at radius 1 is 1.44 bits per heavy atom. The molecule has 0 aliphatic heterocycles. The number of pyridine rings is 1. The number of nitrogens with zero attached hydrogens (tertiary/aromatic N) is 1. The molecule has 1 heterocycles. The molecule has 92 valence electrons. The SMILES string of the molecule is C#CC(CC)NCc1ccc(Cl)c2cccnc12. The van der Waals surface area contributed by atoms with Gasteiger partial charge in [-0.25, -0.2) is 0 Å². The Morgan fingerprint density at radius 3 is 3.00 bits per heavy atom. The van der Waals surface area contributed by atoms with Crippen LogP contribution < -0.4 is 5.32 Å². The second-order valence-electron chi connectivity index (χ2n) is 4.11. The first-order chi connectivity index (χ1) is 8.76. The van der Waals surface area contributed by atoms with Crippen LogP contribution in [0.2, 0.25) is 5.02 Å². The summed E-state index contributed by atoms with van der Waals surface area (Å²) in [5, 5.41) is 5.03. The molecule has 3 heteroatoms. The van der Waals surface area contributed by atoms with Gasteiger partial charge in [-0.15, -0.1) is 6.42 Å². The first kappa shape index (κ1) is 12.9. The Morgan fingerprint density at radius 2 is 2.28 bits per heavy atom. The number of aromatic nitrogens is 1. The first-order valence-electron chi connectivity index (χ1n) is 5.98. The summed E-state index contributed by atoms with van der Waals surface area (Å²) in [5.74, 6) is 2.72. The van der Waals surface area contributed by atoms with Gasteiger partial charge in [-0.2, -0.15) is 0 Å². The van der Waals surface area contributed by atoms with Gasteiger partial charge in [-0.1, -0.05) is 30.5 Å². The lowest BCUT2D eigenvalue weighted by Crippen LogP contribution is -2.26. The van der Waals surface area contributed by atoms with E-state index in [1.807, 2.05) is 24.3 Å². The van der Waals surface area contributed by atoms with E-state index in [-0.39, 0.29) is 6.04 Å². The third-order valence-corrected chi connectivity index (χ3v) is 3.28. The van der Waals surface area contributed by atoms with Gasteiger partial charge in [0.2, 0.25) is 0 Å². The van der Waals surface area contributed by atoms with Crippen LogP contribution in [-0.4, -0.2) is 11.0 Å². The van der Waals surface area contributed by atoms with Gasteiger partial charge in [0.05, 0.1) is 11.6 Å². The lowest BCUT2D eigenvalue weighted by atomic mass is 10.1. The highest BCUT2D eigenvalue weighted by molar-refractivity contribution is 6.35. The molecule has 0 fully saturated rings. The van der Waals surface area contributed by atoms with Crippen molar-refractivity contribution >= 4 is 22.5 Å². The summed E-state index contributed by atoms with van der Waals surface area (Å²) >= 11 is 6.15. The third kappa shape index (κ3) is 2.64. The summed E-state index contributed by atoms with van der Waals surface area (Å²) in [7, 11) is 0. The van der Waals surface area contributed by atoms with Crippen molar-refractivity contribution in [2.24, 2.45) is 0 Å². The fourth-order valence-corrected chi connectivity index (χ4v) is 2.11. The van der Waals surface area contributed by atoms with E-state index >= 15 is 0 Å². The third-order valence-electron chi connectivity index (χ3n) is 2.95. The average molecular weight is 259 g/mol. The van der Waals surface area contributed by atoms with E-state index in [0.717, 1.165) is 27.9 Å². The Labute approximate surface area is 112 Å². The number of terminal acetylenes is 1. The van der Waals surface area contributed by atoms with Crippen LogP contribution >= 0.6 is 11.6 Å². The summed E-state index contributed by atoms with van der Waals surface area (Å²) in [5.41, 5.74) is 2.05. The average Bonchev–Trinajstić information content (AvgIpc) is 2.42. The second-order valence-corrected chi connectivity index (χ2v) is 4.52. The molecule has 2 nitrogen and oxygen atoms in total. The molecular formula is C15H15ClN2. The van der Waals surface area contributed by atoms with Crippen molar-refractivity contribution in [1.82, 2.24) is 10.3 Å². The van der Waals surface area contributed by atoms with E-state index in [4.69, 9.17) is 18.0 Å². The number of nitrogens with one attached hydrogen (secondary N) is 1. The van der Waals surface area contributed by atoms with Crippen molar-refractivity contribution in [3.8, 4) is 12.3 Å². The Bertz CT molecular complexity index is 587. The Kier molecular flexibility index (Phi) is 4.19. The van der Waals surface area contributed by atoms with Crippen LogP contribution in [0.5, 0.6) is 0 Å². The zero-order chi connectivity index (χ0) is 13.0. The molecule has 18 heavy (non-hydrogen) atoms. The van der Waals surface area contributed by atoms with Gasteiger partial charge < -0.3 is 0 Å². The van der Waals surface area contributed by atoms with Gasteiger partial charge in [0.1, 0.15) is 0 Å². The number of rotatable bonds is 4. The molecule has 0 bridgehead atoms. The summed E-state index contributed by atoms with van der Waals surface area (Å²) in [6, 6.07) is 7.86. The van der Waals surface area contributed by atoms with E-state index in [1.165, 1.54) is 0 Å². The maximum absolute atomic E-state index is 6.15. The fourth-order valence-electron chi connectivity index (χ4n) is 1.89. The summed E-state index contributed by atoms with van der Waals surface area (Å²) < 4.78 is 0. The van der Waals surface area contributed by atoms with Crippen LogP contribution in [0.25, 0.3) is 10.9 Å². The molecule has 2 aromatic rings. The van der Waals surface area contributed by atoms with Crippen LogP contribution in [0.1, 0.15) is 18.9 Å². The van der Waals surface area contributed by atoms with Crippen molar-refractivity contribution in [3.63, 3.8) is 0 Å². The molecule has 0 saturated carbocycles. The maximum Gasteiger partial charge on any atom is 0.0761 e. The monoisotopic (exact) mass is 258 g/mol. The van der Waals surface area contributed by atoms with Crippen molar-refractivity contribution in [2.45, 2.75) is 25.9 Å². The molecule has 1 N–H and O–H groups in total. The molecule has 0 spiro atoms. The van der Waals surface area contributed by atoms with Gasteiger partial charge >= 0.3 is 0 Å². The van der Waals surface area contributed by atoms with Gasteiger partial charge in [-0.3, -0.25) is 10.3 Å². The predicted octanol–water partition coefficient (Wildman–Crippen LogP) is 3.39. The number of halogens is 1. The van der Waals surface area contributed by atoms with Gasteiger partial charge in [0.15, 0.2) is 0 Å². The minimum Gasteiger partial charge on any atom is -0.300 e. The molecule has 1 unspecified atom stereocenters. The lowest BCUT2D eigenvalue weighted by Gasteiger charge is -2.12. The zero-order valence-corrected chi connectivity index (χ0v) is 11.0. The lowest BCUT2D eigenvalue weighted by molar-refractivity contribution is 0.594. The van der Waals surface area contributed by atoms with Crippen LogP contribution in [0, 0.1) is 12.3 Å². The standard InChI is InChI=1S/C15H15ClN2/c1-3-12(4-2)18-10-11-7-8-14(16)13-6-5-9-17-15(11)13/h1,5-9,12,18H,4,10H2,2H3. The molecular weight excluding hydrogens is 244 g/mol. The number of benzene rings is 1. The molecule has 0 amide bonds. The number of hydrogen-bond acceptors (Lipinski definition) is 2. The normalized spacial score (nSPS) is 12.3. The molecule has 0 aliphatic rings. The van der Waals surface area contributed by atoms with Crippen LogP contribution in [0.4, 0.5) is 0 Å². The van der Waals surface area contributed by atoms with Crippen molar-refractivity contribution in [3.05, 3.63) is 41.0 Å². The highest BCUT2D eigenvalue weighted by atomic mass is 35.5. The van der Waals surface area contributed by atoms with Crippen molar-refractivity contribution in [2.75, 3.05) is 0 Å². The van der Waals surface area contributed by atoms with E-state index in [0.29, 0.717) is 6.54 Å².